The van der Waals surface area contributed by atoms with Gasteiger partial charge in [-0.2, -0.15) is 0 Å². The number of hydrogen-bond acceptors (Lipinski definition) is 7. The van der Waals surface area contributed by atoms with E-state index in [1.807, 2.05) is 0 Å². The Labute approximate surface area is 235 Å². The number of carbonyl (C=O) groups is 3. The van der Waals surface area contributed by atoms with Crippen LogP contribution in [0.25, 0.3) is 0 Å². The summed E-state index contributed by atoms with van der Waals surface area (Å²) in [6, 6.07) is 10.0. The van der Waals surface area contributed by atoms with Crippen molar-refractivity contribution in [2.24, 2.45) is 5.16 Å². The number of oxime groups is 1. The number of methoxy groups -OCH3 is 1. The van der Waals surface area contributed by atoms with E-state index in [-0.39, 0.29) is 24.4 Å². The molecular formula is C29H29FN6O5. The monoisotopic (exact) mass is 560 g/mol. The minimum absolute atomic E-state index is 0.0501. The molecule has 1 atom stereocenters. The Balaban J connectivity index is 1.20. The SMILES string of the molecule is COc1ccc2c(c1F)C(=O)N(C[C@@]1(C#Cc3ccc(/C(=N/O)N4CCN(C5CC5)CC4)cc3)NC(=O)NC1=O)C2. The second-order valence-electron chi connectivity index (χ2n) is 10.6. The molecule has 4 amide bonds. The van der Waals surface area contributed by atoms with Crippen molar-refractivity contribution in [3.63, 3.8) is 0 Å². The standard InChI is InChI=1S/C29H29FN6O5/c1-41-22-9-6-20-16-36(26(37)23(20)24(22)30)17-29(27(38)31-28(39)32-29)11-10-18-2-4-19(5-3-18)25(33-40)35-14-12-34(13-15-35)21-7-8-21/h2-6,9,21,40H,7-8,12-17H2,1H3,(H2,31,32,38,39)/b33-25-/t29-/m1/s1. The second-order valence-corrected chi connectivity index (χ2v) is 10.6. The molecule has 0 aromatic heterocycles. The summed E-state index contributed by atoms with van der Waals surface area (Å²) in [7, 11) is 1.31. The fraction of sp³-hybridized carbons (Fsp3) is 0.379. The van der Waals surface area contributed by atoms with Crippen LogP contribution in [0.5, 0.6) is 5.75 Å². The molecule has 2 aromatic rings. The fourth-order valence-electron chi connectivity index (χ4n) is 5.62. The van der Waals surface area contributed by atoms with Crippen LogP contribution in [0.15, 0.2) is 41.6 Å². The number of urea groups is 1. The number of nitrogens with one attached hydrogen (secondary N) is 2. The molecule has 11 nitrogen and oxygen atoms in total. The third-order valence-corrected chi connectivity index (χ3v) is 7.98. The van der Waals surface area contributed by atoms with E-state index in [9.17, 15) is 24.0 Å². The van der Waals surface area contributed by atoms with Crippen molar-refractivity contribution in [3.8, 4) is 17.6 Å². The average molecular weight is 561 g/mol. The number of amidine groups is 1. The highest BCUT2D eigenvalue weighted by atomic mass is 19.1. The van der Waals surface area contributed by atoms with Crippen molar-refractivity contribution in [1.82, 2.24) is 25.3 Å². The first-order chi connectivity index (χ1) is 19.8. The number of carbonyl (C=O) groups excluding carboxylic acids is 3. The van der Waals surface area contributed by atoms with Crippen LogP contribution in [-0.2, 0) is 11.3 Å². The van der Waals surface area contributed by atoms with Crippen molar-refractivity contribution < 1.29 is 28.7 Å². The number of fused-ring (bicyclic) bond motifs is 1. The van der Waals surface area contributed by atoms with Gasteiger partial charge in [0.2, 0.25) is 5.54 Å². The number of ether oxygens (including phenoxy) is 1. The number of halogens is 1. The summed E-state index contributed by atoms with van der Waals surface area (Å²) in [5.41, 5.74) is -0.134. The average Bonchev–Trinajstić information content (AvgIpc) is 3.72. The van der Waals surface area contributed by atoms with Crippen molar-refractivity contribution in [2.75, 3.05) is 39.8 Å². The Hall–Kier alpha value is -4.63. The molecular weight excluding hydrogens is 531 g/mol. The molecule has 41 heavy (non-hydrogen) atoms. The number of amides is 4. The van der Waals surface area contributed by atoms with E-state index in [0.29, 0.717) is 23.0 Å². The molecule has 4 aliphatic rings. The van der Waals surface area contributed by atoms with E-state index in [2.05, 4.69) is 37.4 Å². The predicted octanol–water partition coefficient (Wildman–Crippen LogP) is 1.34. The minimum Gasteiger partial charge on any atom is -0.494 e. The van der Waals surface area contributed by atoms with Crippen molar-refractivity contribution >= 4 is 23.7 Å². The van der Waals surface area contributed by atoms with E-state index in [1.54, 1.807) is 30.3 Å². The third-order valence-electron chi connectivity index (χ3n) is 7.98. The normalized spacial score (nSPS) is 22.7. The van der Waals surface area contributed by atoms with Crippen LogP contribution in [0.2, 0.25) is 0 Å². The lowest BCUT2D eigenvalue weighted by atomic mass is 9.99. The summed E-state index contributed by atoms with van der Waals surface area (Å²) < 4.78 is 19.8. The predicted molar refractivity (Wildman–Crippen MR) is 145 cm³/mol. The van der Waals surface area contributed by atoms with E-state index in [0.717, 1.165) is 31.7 Å². The molecule has 0 bridgehead atoms. The van der Waals surface area contributed by atoms with Crippen LogP contribution < -0.4 is 15.4 Å². The number of benzene rings is 2. The molecule has 1 saturated carbocycles. The molecule has 3 N–H and O–H groups in total. The maximum absolute atomic E-state index is 14.8. The number of hydrogen-bond donors (Lipinski definition) is 3. The summed E-state index contributed by atoms with van der Waals surface area (Å²) in [5, 5.41) is 18.0. The van der Waals surface area contributed by atoms with Gasteiger partial charge in [-0.25, -0.2) is 9.18 Å². The maximum atomic E-state index is 14.8. The molecule has 6 rings (SSSR count). The summed E-state index contributed by atoms with van der Waals surface area (Å²) in [5.74, 6) is 4.11. The van der Waals surface area contributed by atoms with E-state index in [1.165, 1.54) is 30.9 Å². The van der Waals surface area contributed by atoms with Crippen LogP contribution in [0.3, 0.4) is 0 Å². The van der Waals surface area contributed by atoms with Gasteiger partial charge in [-0.05, 0) is 48.7 Å². The Morgan fingerprint density at radius 1 is 1.12 bits per heavy atom. The number of nitrogens with zero attached hydrogens (tertiary/aromatic N) is 4. The van der Waals surface area contributed by atoms with Gasteiger partial charge < -0.3 is 25.1 Å². The molecule has 0 radical (unpaired) electrons. The molecule has 2 saturated heterocycles. The van der Waals surface area contributed by atoms with Crippen LogP contribution in [0.4, 0.5) is 9.18 Å². The summed E-state index contributed by atoms with van der Waals surface area (Å²) in [6.07, 6.45) is 2.51. The highest BCUT2D eigenvalue weighted by Gasteiger charge is 2.49. The molecule has 212 valence electrons. The smallest absolute Gasteiger partial charge is 0.323 e. The van der Waals surface area contributed by atoms with Gasteiger partial charge in [-0.3, -0.25) is 19.8 Å². The lowest BCUT2D eigenvalue weighted by Crippen LogP contribution is -2.54. The largest absolute Gasteiger partial charge is 0.494 e. The topological polar surface area (TPSA) is 127 Å². The lowest BCUT2D eigenvalue weighted by molar-refractivity contribution is -0.122. The van der Waals surface area contributed by atoms with Crippen LogP contribution in [0, 0.1) is 17.7 Å². The Kier molecular flexibility index (Phi) is 6.75. The third kappa shape index (κ3) is 4.93. The Morgan fingerprint density at radius 3 is 2.46 bits per heavy atom. The molecule has 1 aliphatic carbocycles. The van der Waals surface area contributed by atoms with Gasteiger partial charge in [0, 0.05) is 49.9 Å². The van der Waals surface area contributed by atoms with Gasteiger partial charge in [0.05, 0.1) is 19.2 Å². The zero-order valence-corrected chi connectivity index (χ0v) is 22.4. The molecule has 0 unspecified atom stereocenters. The van der Waals surface area contributed by atoms with Gasteiger partial charge in [0.25, 0.3) is 11.8 Å². The summed E-state index contributed by atoms with van der Waals surface area (Å²) in [4.78, 5) is 43.9. The highest BCUT2D eigenvalue weighted by Crippen LogP contribution is 2.32. The zero-order chi connectivity index (χ0) is 28.7. The van der Waals surface area contributed by atoms with Crippen LogP contribution >= 0.6 is 0 Å². The fourth-order valence-corrected chi connectivity index (χ4v) is 5.62. The van der Waals surface area contributed by atoms with Gasteiger partial charge in [-0.15, -0.1) is 0 Å². The lowest BCUT2D eigenvalue weighted by Gasteiger charge is -2.36. The number of imide groups is 1. The van der Waals surface area contributed by atoms with E-state index >= 15 is 0 Å². The van der Waals surface area contributed by atoms with E-state index < -0.39 is 29.2 Å². The minimum atomic E-state index is -1.73. The summed E-state index contributed by atoms with van der Waals surface area (Å²) >= 11 is 0. The quantitative estimate of drug-likeness (QED) is 0.126. The first-order valence-corrected chi connectivity index (χ1v) is 13.4. The molecule has 12 heteroatoms. The van der Waals surface area contributed by atoms with Crippen molar-refractivity contribution in [2.45, 2.75) is 31.0 Å². The maximum Gasteiger partial charge on any atom is 0.323 e. The zero-order valence-electron chi connectivity index (χ0n) is 22.4. The molecule has 2 aromatic carbocycles. The van der Waals surface area contributed by atoms with Gasteiger partial charge in [0.1, 0.15) is 0 Å². The Morgan fingerprint density at radius 2 is 1.85 bits per heavy atom. The van der Waals surface area contributed by atoms with Gasteiger partial charge in [0.15, 0.2) is 17.4 Å². The first kappa shape index (κ1) is 26.6. The second kappa shape index (κ2) is 10.4. The van der Waals surface area contributed by atoms with E-state index in [4.69, 9.17) is 4.74 Å². The molecule has 3 heterocycles. The van der Waals surface area contributed by atoms with Gasteiger partial charge >= 0.3 is 6.03 Å². The van der Waals surface area contributed by atoms with Gasteiger partial charge in [-0.1, -0.05) is 23.1 Å². The molecule has 3 fully saturated rings. The number of rotatable bonds is 5. The van der Waals surface area contributed by atoms with Crippen LogP contribution in [0.1, 0.15) is 39.9 Å². The Bertz CT molecular complexity index is 1500. The summed E-state index contributed by atoms with van der Waals surface area (Å²) in [6.45, 7) is 3.16. The van der Waals surface area contributed by atoms with Crippen molar-refractivity contribution in [3.05, 3.63) is 64.5 Å². The highest BCUT2D eigenvalue weighted by molar-refractivity contribution is 6.10. The molecule has 3 aliphatic heterocycles. The first-order valence-electron chi connectivity index (χ1n) is 13.4. The molecule has 0 spiro atoms. The number of piperazine rings is 1. The van der Waals surface area contributed by atoms with Crippen LogP contribution in [-0.4, -0.2) is 95.0 Å². The van der Waals surface area contributed by atoms with Crippen molar-refractivity contribution in [1.29, 1.82) is 0 Å².